The first kappa shape index (κ1) is 13.5. The van der Waals surface area contributed by atoms with Crippen LogP contribution in [0.15, 0.2) is 12.1 Å². The molecule has 0 unspecified atom stereocenters. The zero-order chi connectivity index (χ0) is 13.2. The van der Waals surface area contributed by atoms with E-state index >= 15 is 0 Å². The zero-order valence-corrected chi connectivity index (χ0v) is 9.08. The Kier molecular flexibility index (Phi) is 4.11. The Labute approximate surface area is 96.0 Å². The minimum Gasteiger partial charge on any atom is -0.481 e. The molecule has 3 N–H and O–H groups in total. The highest BCUT2D eigenvalue weighted by Gasteiger charge is 2.22. The Bertz CT molecular complexity index is 437. The summed E-state index contributed by atoms with van der Waals surface area (Å²) < 4.78 is 39.0. The Balaban J connectivity index is 2.99. The average molecular weight is 247 g/mol. The van der Waals surface area contributed by atoms with E-state index in [1.165, 1.54) is 6.92 Å². The van der Waals surface area contributed by atoms with Crippen molar-refractivity contribution in [3.05, 3.63) is 35.1 Å². The van der Waals surface area contributed by atoms with Gasteiger partial charge in [0.25, 0.3) is 0 Å². The molecule has 0 saturated carbocycles. The van der Waals surface area contributed by atoms with Gasteiger partial charge in [0.1, 0.15) is 5.82 Å². The lowest BCUT2D eigenvalue weighted by Crippen LogP contribution is -2.30. The number of hydrogen-bond acceptors (Lipinski definition) is 2. The highest BCUT2D eigenvalue weighted by Crippen LogP contribution is 2.25. The largest absolute Gasteiger partial charge is 0.481 e. The number of carbonyl (C=O) groups is 1. The maximum atomic E-state index is 13.4. The Hall–Kier alpha value is -1.56. The van der Waals surface area contributed by atoms with Gasteiger partial charge in [-0.2, -0.15) is 0 Å². The van der Waals surface area contributed by atoms with Crippen LogP contribution in [0.25, 0.3) is 0 Å². The van der Waals surface area contributed by atoms with Crippen molar-refractivity contribution in [2.75, 3.05) is 0 Å². The lowest BCUT2D eigenvalue weighted by molar-refractivity contribution is -0.137. The summed E-state index contributed by atoms with van der Waals surface area (Å²) in [7, 11) is 0. The minimum absolute atomic E-state index is 0.127. The van der Waals surface area contributed by atoms with E-state index in [4.69, 9.17) is 10.8 Å². The van der Waals surface area contributed by atoms with Gasteiger partial charge in [0.2, 0.25) is 0 Å². The van der Waals surface area contributed by atoms with Crippen LogP contribution < -0.4 is 5.73 Å². The molecule has 1 rings (SSSR count). The molecular weight excluding hydrogens is 235 g/mol. The van der Waals surface area contributed by atoms with Gasteiger partial charge in [0.15, 0.2) is 11.6 Å². The Morgan fingerprint density at radius 2 is 1.82 bits per heavy atom. The molecule has 0 aliphatic rings. The summed E-state index contributed by atoms with van der Waals surface area (Å²) in [5.41, 5.74) is 5.42. The third kappa shape index (κ3) is 3.20. The third-order valence-electron chi connectivity index (χ3n) is 2.58. The van der Waals surface area contributed by atoms with Crippen molar-refractivity contribution in [1.82, 2.24) is 0 Å². The van der Waals surface area contributed by atoms with Crippen LogP contribution in [0.4, 0.5) is 13.2 Å². The fourth-order valence-electron chi connectivity index (χ4n) is 1.50. The van der Waals surface area contributed by atoms with Crippen LogP contribution in [0.2, 0.25) is 0 Å². The second kappa shape index (κ2) is 5.18. The minimum atomic E-state index is -1.29. The molecule has 6 heteroatoms. The van der Waals surface area contributed by atoms with E-state index in [0.717, 1.165) is 0 Å². The molecule has 1 aromatic carbocycles. The predicted octanol–water partition coefficient (Wildman–Crippen LogP) is 2.01. The van der Waals surface area contributed by atoms with E-state index in [-0.39, 0.29) is 12.0 Å². The molecule has 0 bridgehead atoms. The molecule has 0 saturated heterocycles. The SMILES string of the molecule is C[C@@H](c1cc(F)c(F)cc1F)[C@H](N)CC(=O)O. The van der Waals surface area contributed by atoms with E-state index in [1.807, 2.05) is 0 Å². The average Bonchev–Trinajstić information content (AvgIpc) is 2.21. The summed E-state index contributed by atoms with van der Waals surface area (Å²) in [6.45, 7) is 1.46. The second-order valence-electron chi connectivity index (χ2n) is 3.84. The van der Waals surface area contributed by atoms with Crippen molar-refractivity contribution in [2.45, 2.75) is 25.3 Å². The van der Waals surface area contributed by atoms with Crippen LogP contribution >= 0.6 is 0 Å². The molecule has 3 nitrogen and oxygen atoms in total. The second-order valence-corrected chi connectivity index (χ2v) is 3.84. The van der Waals surface area contributed by atoms with Gasteiger partial charge in [-0.05, 0) is 17.5 Å². The monoisotopic (exact) mass is 247 g/mol. The normalized spacial score (nSPS) is 14.4. The summed E-state index contributed by atoms with van der Waals surface area (Å²) in [5, 5.41) is 8.54. The molecule has 0 aliphatic heterocycles. The van der Waals surface area contributed by atoms with Crippen LogP contribution in [0.5, 0.6) is 0 Å². The van der Waals surface area contributed by atoms with Gasteiger partial charge in [-0.15, -0.1) is 0 Å². The molecular formula is C11H12F3NO2. The molecule has 17 heavy (non-hydrogen) atoms. The van der Waals surface area contributed by atoms with Crippen LogP contribution in [-0.2, 0) is 4.79 Å². The fourth-order valence-corrected chi connectivity index (χ4v) is 1.50. The molecule has 94 valence electrons. The van der Waals surface area contributed by atoms with Gasteiger partial charge in [-0.1, -0.05) is 6.92 Å². The molecule has 1 aromatic rings. The number of halogens is 3. The highest BCUT2D eigenvalue weighted by atomic mass is 19.2. The van der Waals surface area contributed by atoms with Crippen molar-refractivity contribution in [2.24, 2.45) is 5.73 Å². The van der Waals surface area contributed by atoms with Gasteiger partial charge in [-0.3, -0.25) is 4.79 Å². The third-order valence-corrected chi connectivity index (χ3v) is 2.58. The first-order chi connectivity index (χ1) is 7.82. The summed E-state index contributed by atoms with van der Waals surface area (Å²) in [5.74, 6) is -5.26. The van der Waals surface area contributed by atoms with Gasteiger partial charge in [0.05, 0.1) is 6.42 Å². The maximum absolute atomic E-state index is 13.4. The molecule has 0 heterocycles. The number of carboxylic acid groups (broad SMARTS) is 1. The fraction of sp³-hybridized carbons (Fsp3) is 0.364. The lowest BCUT2D eigenvalue weighted by Gasteiger charge is -2.19. The Morgan fingerprint density at radius 1 is 1.29 bits per heavy atom. The van der Waals surface area contributed by atoms with Gasteiger partial charge in [-0.25, -0.2) is 13.2 Å². The predicted molar refractivity (Wildman–Crippen MR) is 55.0 cm³/mol. The maximum Gasteiger partial charge on any atom is 0.304 e. The van der Waals surface area contributed by atoms with E-state index in [1.54, 1.807) is 0 Å². The van der Waals surface area contributed by atoms with Crippen LogP contribution in [0.3, 0.4) is 0 Å². The molecule has 0 fully saturated rings. The van der Waals surface area contributed by atoms with Crippen molar-refractivity contribution in [3.63, 3.8) is 0 Å². The molecule has 2 atom stereocenters. The van der Waals surface area contributed by atoms with Crippen LogP contribution in [0, 0.1) is 17.5 Å². The standard InChI is InChI=1S/C11H12F3NO2/c1-5(10(15)4-11(16)17)6-2-8(13)9(14)3-7(6)12/h2-3,5,10H,4,15H2,1H3,(H,16,17)/t5-,10+/m0/s1. The summed E-state index contributed by atoms with van der Waals surface area (Å²) in [6, 6.07) is 0.262. The molecule has 0 spiro atoms. The van der Waals surface area contributed by atoms with Gasteiger partial charge in [0, 0.05) is 12.1 Å². The van der Waals surface area contributed by atoms with Crippen molar-refractivity contribution in [1.29, 1.82) is 0 Å². The van der Waals surface area contributed by atoms with E-state index in [2.05, 4.69) is 0 Å². The summed E-state index contributed by atoms with van der Waals surface area (Å²) in [4.78, 5) is 10.4. The lowest BCUT2D eigenvalue weighted by atomic mass is 9.91. The number of aliphatic carboxylic acids is 1. The summed E-state index contributed by atoms with van der Waals surface area (Å²) in [6.07, 6.45) is -0.375. The van der Waals surface area contributed by atoms with E-state index < -0.39 is 35.4 Å². The Morgan fingerprint density at radius 3 is 2.35 bits per heavy atom. The number of benzene rings is 1. The van der Waals surface area contributed by atoms with Crippen molar-refractivity contribution < 1.29 is 23.1 Å². The number of carboxylic acids is 1. The first-order valence-electron chi connectivity index (χ1n) is 4.94. The van der Waals surface area contributed by atoms with Gasteiger partial charge >= 0.3 is 5.97 Å². The quantitative estimate of drug-likeness (QED) is 0.800. The summed E-state index contributed by atoms with van der Waals surface area (Å²) >= 11 is 0. The molecule has 0 aliphatic carbocycles. The number of rotatable bonds is 4. The molecule has 0 amide bonds. The van der Waals surface area contributed by atoms with Crippen LogP contribution in [-0.4, -0.2) is 17.1 Å². The number of nitrogens with two attached hydrogens (primary N) is 1. The van der Waals surface area contributed by atoms with Gasteiger partial charge < -0.3 is 10.8 Å². The molecule has 0 radical (unpaired) electrons. The highest BCUT2D eigenvalue weighted by molar-refractivity contribution is 5.67. The topological polar surface area (TPSA) is 63.3 Å². The molecule has 0 aromatic heterocycles. The number of hydrogen-bond donors (Lipinski definition) is 2. The van der Waals surface area contributed by atoms with Crippen LogP contribution in [0.1, 0.15) is 24.8 Å². The zero-order valence-electron chi connectivity index (χ0n) is 9.08. The van der Waals surface area contributed by atoms with Crippen molar-refractivity contribution >= 4 is 5.97 Å². The van der Waals surface area contributed by atoms with E-state index in [0.29, 0.717) is 12.1 Å². The van der Waals surface area contributed by atoms with E-state index in [9.17, 15) is 18.0 Å². The first-order valence-corrected chi connectivity index (χ1v) is 4.94. The smallest absolute Gasteiger partial charge is 0.304 e. The van der Waals surface area contributed by atoms with Crippen molar-refractivity contribution in [3.8, 4) is 0 Å².